The van der Waals surface area contributed by atoms with Crippen LogP contribution in [0.15, 0.2) is 23.3 Å². The van der Waals surface area contributed by atoms with Crippen LogP contribution in [0.25, 0.3) is 0 Å². The summed E-state index contributed by atoms with van der Waals surface area (Å²) in [6.07, 6.45) is 10.5. The van der Waals surface area contributed by atoms with E-state index in [-0.39, 0.29) is 23.4 Å². The second kappa shape index (κ2) is 7.43. The fourth-order valence-electron chi connectivity index (χ4n) is 5.23. The Balaban J connectivity index is 2.24. The Morgan fingerprint density at radius 3 is 2.79 bits per heavy atom. The molecule has 3 heteroatoms. The van der Waals surface area contributed by atoms with Crippen molar-refractivity contribution in [3.05, 3.63) is 23.3 Å². The number of hydrogen-bond donors (Lipinski definition) is 1. The van der Waals surface area contributed by atoms with E-state index in [9.17, 15) is 9.90 Å². The van der Waals surface area contributed by atoms with Crippen LogP contribution in [0, 0.1) is 22.7 Å². The number of esters is 1. The topological polar surface area (TPSA) is 46.5 Å². The van der Waals surface area contributed by atoms with Crippen molar-refractivity contribution in [1.82, 2.24) is 0 Å². The zero-order valence-electron chi connectivity index (χ0n) is 16.0. The number of carbonyl (C=O) groups excluding carboxylic acids is 1. The first kappa shape index (κ1) is 19.2. The number of methoxy groups -OCH3 is 1. The molecule has 0 spiro atoms. The Kier molecular flexibility index (Phi) is 5.95. The van der Waals surface area contributed by atoms with Crippen molar-refractivity contribution in [3.63, 3.8) is 0 Å². The van der Waals surface area contributed by atoms with Crippen molar-refractivity contribution in [3.8, 4) is 0 Å². The Morgan fingerprint density at radius 2 is 2.17 bits per heavy atom. The number of fused-ring (bicyclic) bond motifs is 1. The van der Waals surface area contributed by atoms with E-state index in [0.29, 0.717) is 11.8 Å². The van der Waals surface area contributed by atoms with E-state index in [1.54, 1.807) is 6.08 Å². The van der Waals surface area contributed by atoms with E-state index < -0.39 is 0 Å². The number of aliphatic hydroxyl groups is 1. The molecule has 0 aromatic carbocycles. The minimum atomic E-state index is -0.268. The van der Waals surface area contributed by atoms with Crippen molar-refractivity contribution in [2.24, 2.45) is 22.7 Å². The lowest BCUT2D eigenvalue weighted by Crippen LogP contribution is -2.52. The molecule has 0 amide bonds. The first-order valence-electron chi connectivity index (χ1n) is 9.33. The lowest BCUT2D eigenvalue weighted by atomic mass is 9.46. The molecule has 136 valence electrons. The molecular weight excluding hydrogens is 300 g/mol. The third-order valence-corrected chi connectivity index (χ3v) is 7.21. The molecule has 2 aliphatic rings. The lowest BCUT2D eigenvalue weighted by Gasteiger charge is -2.58. The summed E-state index contributed by atoms with van der Waals surface area (Å²) in [6, 6.07) is 0. The minimum absolute atomic E-state index is 0.0283. The number of hydrogen-bond acceptors (Lipinski definition) is 3. The van der Waals surface area contributed by atoms with E-state index in [1.807, 2.05) is 6.92 Å². The van der Waals surface area contributed by atoms with Gasteiger partial charge in [0.15, 0.2) is 0 Å². The van der Waals surface area contributed by atoms with Crippen molar-refractivity contribution >= 4 is 5.97 Å². The van der Waals surface area contributed by atoms with Gasteiger partial charge in [0.05, 0.1) is 13.7 Å². The standard InChI is InChI=1S/C21H34O3/c1-15(13-19(23)24-5)9-11-20(4)16(2)10-12-21(14-22)17(3)7-6-8-18(20)21/h7,13,16,18,22H,6,8-12,14H2,1-5H3. The first-order chi connectivity index (χ1) is 11.3. The van der Waals surface area contributed by atoms with Gasteiger partial charge in [0, 0.05) is 11.5 Å². The van der Waals surface area contributed by atoms with Crippen LogP contribution in [0.3, 0.4) is 0 Å². The SMILES string of the molecule is COC(=O)C=C(C)CCC1(C)C(C)CCC2(CO)C(C)=CCCC21. The third-order valence-electron chi connectivity index (χ3n) is 7.21. The first-order valence-corrected chi connectivity index (χ1v) is 9.33. The van der Waals surface area contributed by atoms with Gasteiger partial charge in [0.25, 0.3) is 0 Å². The maximum atomic E-state index is 11.4. The summed E-state index contributed by atoms with van der Waals surface area (Å²) in [7, 11) is 1.42. The van der Waals surface area contributed by atoms with E-state index in [2.05, 4.69) is 26.8 Å². The predicted octanol–water partition coefficient (Wildman–Crippen LogP) is 4.66. The average Bonchev–Trinajstić information content (AvgIpc) is 2.57. The van der Waals surface area contributed by atoms with Crippen LogP contribution >= 0.6 is 0 Å². The Labute approximate surface area is 147 Å². The Bertz CT molecular complexity index is 533. The Morgan fingerprint density at radius 1 is 1.46 bits per heavy atom. The molecule has 4 atom stereocenters. The maximum absolute atomic E-state index is 11.4. The van der Waals surface area contributed by atoms with Crippen LogP contribution in [-0.4, -0.2) is 24.8 Å². The molecule has 0 bridgehead atoms. The zero-order valence-corrected chi connectivity index (χ0v) is 16.0. The summed E-state index contributed by atoms with van der Waals surface area (Å²) < 4.78 is 4.74. The molecule has 0 heterocycles. The molecule has 2 rings (SSSR count). The lowest BCUT2D eigenvalue weighted by molar-refractivity contribution is -0.134. The molecule has 24 heavy (non-hydrogen) atoms. The summed E-state index contributed by atoms with van der Waals surface area (Å²) in [5, 5.41) is 10.3. The smallest absolute Gasteiger partial charge is 0.330 e. The van der Waals surface area contributed by atoms with Gasteiger partial charge in [-0.15, -0.1) is 0 Å². The van der Waals surface area contributed by atoms with Crippen LogP contribution in [0.5, 0.6) is 0 Å². The third kappa shape index (κ3) is 3.33. The largest absolute Gasteiger partial charge is 0.466 e. The molecule has 1 N–H and O–H groups in total. The van der Waals surface area contributed by atoms with Crippen LogP contribution < -0.4 is 0 Å². The van der Waals surface area contributed by atoms with E-state index in [0.717, 1.165) is 31.3 Å². The summed E-state index contributed by atoms with van der Waals surface area (Å²) in [4.78, 5) is 11.4. The molecule has 3 nitrogen and oxygen atoms in total. The van der Waals surface area contributed by atoms with Crippen molar-refractivity contribution in [2.75, 3.05) is 13.7 Å². The van der Waals surface area contributed by atoms with Gasteiger partial charge in [0.2, 0.25) is 0 Å². The second-order valence-corrected chi connectivity index (χ2v) is 8.29. The van der Waals surface area contributed by atoms with E-state index in [4.69, 9.17) is 4.74 Å². The predicted molar refractivity (Wildman–Crippen MR) is 97.5 cm³/mol. The van der Waals surface area contributed by atoms with Gasteiger partial charge >= 0.3 is 5.97 Å². The molecule has 0 radical (unpaired) electrons. The maximum Gasteiger partial charge on any atom is 0.330 e. The van der Waals surface area contributed by atoms with Crippen LogP contribution in [0.4, 0.5) is 0 Å². The fraction of sp³-hybridized carbons (Fsp3) is 0.762. The molecule has 1 saturated carbocycles. The van der Waals surface area contributed by atoms with E-state index >= 15 is 0 Å². The molecule has 0 aromatic heterocycles. The molecule has 0 aliphatic heterocycles. The molecule has 4 unspecified atom stereocenters. The molecule has 0 saturated heterocycles. The average molecular weight is 335 g/mol. The van der Waals surface area contributed by atoms with Gasteiger partial charge < -0.3 is 9.84 Å². The number of ether oxygens (including phenoxy) is 1. The van der Waals surface area contributed by atoms with Crippen molar-refractivity contribution in [1.29, 1.82) is 0 Å². The van der Waals surface area contributed by atoms with Gasteiger partial charge in [0.1, 0.15) is 0 Å². The summed E-state index contributed by atoms with van der Waals surface area (Å²) in [5.41, 5.74) is 2.64. The van der Waals surface area contributed by atoms with Crippen LogP contribution in [0.2, 0.25) is 0 Å². The highest BCUT2D eigenvalue weighted by atomic mass is 16.5. The number of rotatable bonds is 5. The molecule has 0 aromatic rings. The van der Waals surface area contributed by atoms with Crippen LogP contribution in [0.1, 0.15) is 66.2 Å². The van der Waals surface area contributed by atoms with Gasteiger partial charge in [-0.2, -0.15) is 0 Å². The molecular formula is C21H34O3. The Hall–Kier alpha value is -1.09. The van der Waals surface area contributed by atoms with Crippen LogP contribution in [-0.2, 0) is 9.53 Å². The van der Waals surface area contributed by atoms with Crippen molar-refractivity contribution < 1.29 is 14.6 Å². The van der Waals surface area contributed by atoms with Gasteiger partial charge in [-0.25, -0.2) is 4.79 Å². The summed E-state index contributed by atoms with van der Waals surface area (Å²) >= 11 is 0. The van der Waals surface area contributed by atoms with E-state index in [1.165, 1.54) is 25.5 Å². The monoisotopic (exact) mass is 334 g/mol. The summed E-state index contributed by atoms with van der Waals surface area (Å²) in [5.74, 6) is 0.893. The molecule has 1 fully saturated rings. The minimum Gasteiger partial charge on any atom is -0.466 e. The highest BCUT2D eigenvalue weighted by Gasteiger charge is 2.54. The number of carbonyl (C=O) groups is 1. The summed E-state index contributed by atoms with van der Waals surface area (Å²) in [6.45, 7) is 9.27. The number of allylic oxidation sites excluding steroid dienone is 2. The second-order valence-electron chi connectivity index (χ2n) is 8.29. The quantitative estimate of drug-likeness (QED) is 0.452. The van der Waals surface area contributed by atoms with Gasteiger partial charge in [-0.3, -0.25) is 0 Å². The van der Waals surface area contributed by atoms with Gasteiger partial charge in [-0.05, 0) is 69.6 Å². The molecule has 2 aliphatic carbocycles. The zero-order chi connectivity index (χ0) is 18.0. The van der Waals surface area contributed by atoms with Crippen molar-refractivity contribution in [2.45, 2.75) is 66.2 Å². The fourth-order valence-corrected chi connectivity index (χ4v) is 5.23. The number of aliphatic hydroxyl groups excluding tert-OH is 1. The van der Waals surface area contributed by atoms with Gasteiger partial charge in [-0.1, -0.05) is 31.1 Å². The highest BCUT2D eigenvalue weighted by molar-refractivity contribution is 5.82. The highest BCUT2D eigenvalue weighted by Crippen LogP contribution is 2.61. The normalized spacial score (nSPS) is 36.8.